The molecule has 0 saturated carbocycles. The predicted molar refractivity (Wildman–Crippen MR) is 100 cm³/mol. The molecule has 0 radical (unpaired) electrons. The number of hydrogen-bond acceptors (Lipinski definition) is 3. The minimum atomic E-state index is -1.05. The van der Waals surface area contributed by atoms with E-state index in [0.717, 1.165) is 5.56 Å². The first-order valence-electron chi connectivity index (χ1n) is 8.87. The van der Waals surface area contributed by atoms with Crippen molar-refractivity contribution in [2.75, 3.05) is 0 Å². The number of carbonyl (C=O) groups excluding carboxylic acids is 2. The summed E-state index contributed by atoms with van der Waals surface area (Å²) in [6.45, 7) is 7.73. The number of esters is 1. The summed E-state index contributed by atoms with van der Waals surface area (Å²) in [4.78, 5) is 27.9. The predicted octanol–water partition coefficient (Wildman–Crippen LogP) is 4.06. The topological polar surface area (TPSA) is 46.6 Å². The number of cyclic esters (lactones) is 1. The maximum atomic E-state index is 13.3. The zero-order valence-electron chi connectivity index (χ0n) is 15.7. The molecular weight excluding hydrogens is 326 g/mol. The third-order valence-electron chi connectivity index (χ3n) is 4.80. The Labute approximate surface area is 154 Å². The van der Waals surface area contributed by atoms with Gasteiger partial charge < -0.3 is 4.74 Å². The van der Waals surface area contributed by atoms with E-state index >= 15 is 0 Å². The van der Waals surface area contributed by atoms with E-state index in [1.807, 2.05) is 69.3 Å². The van der Waals surface area contributed by atoms with Crippen LogP contribution >= 0.6 is 0 Å². The maximum absolute atomic E-state index is 13.3. The minimum Gasteiger partial charge on any atom is -0.439 e. The summed E-state index contributed by atoms with van der Waals surface area (Å²) < 4.78 is 5.74. The van der Waals surface area contributed by atoms with E-state index in [-0.39, 0.29) is 11.9 Å². The van der Waals surface area contributed by atoms with Gasteiger partial charge in [0.05, 0.1) is 0 Å². The maximum Gasteiger partial charge on any atom is 0.334 e. The number of hydrogen-bond donors (Lipinski definition) is 0. The molecule has 4 nitrogen and oxygen atoms in total. The van der Waals surface area contributed by atoms with Gasteiger partial charge in [0.2, 0.25) is 0 Å². The highest BCUT2D eigenvalue weighted by Gasteiger charge is 2.57. The van der Waals surface area contributed by atoms with E-state index in [2.05, 4.69) is 0 Å². The second-order valence-electron chi connectivity index (χ2n) is 8.10. The van der Waals surface area contributed by atoms with Gasteiger partial charge in [-0.15, -0.1) is 0 Å². The number of carbonyl (C=O) groups is 2. The van der Waals surface area contributed by atoms with Crippen LogP contribution < -0.4 is 0 Å². The third kappa shape index (κ3) is 3.24. The molecule has 26 heavy (non-hydrogen) atoms. The molecule has 2 atom stereocenters. The normalized spacial score (nSPS) is 23.0. The molecule has 1 heterocycles. The molecule has 1 saturated heterocycles. The molecule has 1 aliphatic heterocycles. The molecule has 2 aromatic carbocycles. The van der Waals surface area contributed by atoms with Crippen molar-refractivity contribution in [3.05, 3.63) is 71.8 Å². The molecule has 3 rings (SSSR count). The van der Waals surface area contributed by atoms with Gasteiger partial charge in [0.25, 0.3) is 5.91 Å². The molecule has 1 fully saturated rings. The first-order chi connectivity index (χ1) is 12.2. The number of nitrogens with zero attached hydrogens (tertiary/aromatic N) is 1. The fraction of sp³-hybridized carbons (Fsp3) is 0.364. The molecule has 0 bridgehead atoms. The number of rotatable bonds is 3. The largest absolute Gasteiger partial charge is 0.439 e. The van der Waals surface area contributed by atoms with Gasteiger partial charge in [-0.05, 0) is 24.6 Å². The van der Waals surface area contributed by atoms with E-state index in [4.69, 9.17) is 4.74 Å². The van der Waals surface area contributed by atoms with E-state index < -0.39 is 17.2 Å². The van der Waals surface area contributed by atoms with Crippen LogP contribution in [0.5, 0.6) is 0 Å². The van der Waals surface area contributed by atoms with Gasteiger partial charge >= 0.3 is 5.97 Å². The number of ether oxygens (including phenoxy) is 1. The zero-order valence-corrected chi connectivity index (χ0v) is 15.7. The Bertz CT molecular complexity index is 795. The van der Waals surface area contributed by atoms with Crippen LogP contribution in [0.15, 0.2) is 60.7 Å². The molecule has 136 valence electrons. The van der Waals surface area contributed by atoms with E-state index in [0.29, 0.717) is 12.0 Å². The second kappa shape index (κ2) is 6.60. The lowest BCUT2D eigenvalue weighted by molar-refractivity contribution is -0.148. The fourth-order valence-electron chi connectivity index (χ4n) is 3.40. The molecule has 0 N–H and O–H groups in total. The lowest BCUT2D eigenvalue weighted by Crippen LogP contribution is -2.55. The smallest absolute Gasteiger partial charge is 0.334 e. The Hall–Kier alpha value is -2.62. The van der Waals surface area contributed by atoms with Crippen LogP contribution in [0.4, 0.5) is 0 Å². The fourth-order valence-corrected chi connectivity index (χ4v) is 3.40. The quantitative estimate of drug-likeness (QED) is 0.784. The molecule has 0 aromatic heterocycles. The standard InChI is InChI=1S/C22H25NO3/c1-21(2,3)19-23(18(24)17-13-9-6-10-14-17)22(4,20(25)26-19)15-16-11-7-5-8-12-16/h5-14,19H,15H2,1-4H3/t19-,22+/m0/s1. The molecule has 0 spiro atoms. The van der Waals surface area contributed by atoms with Gasteiger partial charge in [0.1, 0.15) is 5.54 Å². The van der Waals surface area contributed by atoms with Crippen molar-refractivity contribution in [3.63, 3.8) is 0 Å². The Morgan fingerprint density at radius 2 is 1.58 bits per heavy atom. The van der Waals surface area contributed by atoms with E-state index in [9.17, 15) is 9.59 Å². The summed E-state index contributed by atoms with van der Waals surface area (Å²) in [7, 11) is 0. The molecule has 4 heteroatoms. The van der Waals surface area contributed by atoms with Crippen LogP contribution in [0.25, 0.3) is 0 Å². The monoisotopic (exact) mass is 351 g/mol. The Kier molecular flexibility index (Phi) is 4.61. The number of amides is 1. The van der Waals surface area contributed by atoms with Gasteiger partial charge in [0.15, 0.2) is 6.23 Å². The van der Waals surface area contributed by atoms with Crippen molar-refractivity contribution < 1.29 is 14.3 Å². The van der Waals surface area contributed by atoms with Crippen LogP contribution in [0.2, 0.25) is 0 Å². The van der Waals surface area contributed by atoms with Crippen molar-refractivity contribution in [2.24, 2.45) is 5.41 Å². The zero-order chi connectivity index (χ0) is 18.9. The summed E-state index contributed by atoms with van der Waals surface area (Å²) in [5, 5.41) is 0. The number of benzene rings is 2. The summed E-state index contributed by atoms with van der Waals surface area (Å²) in [6, 6.07) is 18.8. The first kappa shape index (κ1) is 18.2. The SMILES string of the molecule is CC(C)(C)[C@@H]1OC(=O)[C@@](C)(Cc2ccccc2)N1C(=O)c1ccccc1. The summed E-state index contributed by atoms with van der Waals surface area (Å²) in [6.07, 6.45) is -0.200. The molecule has 0 aliphatic carbocycles. The van der Waals surface area contributed by atoms with Crippen molar-refractivity contribution in [1.29, 1.82) is 0 Å². The Balaban J connectivity index is 2.05. The van der Waals surface area contributed by atoms with Crippen molar-refractivity contribution in [3.8, 4) is 0 Å². The highest BCUT2D eigenvalue weighted by molar-refractivity contribution is 5.99. The van der Waals surface area contributed by atoms with Crippen molar-refractivity contribution >= 4 is 11.9 Å². The average Bonchev–Trinajstić information content (AvgIpc) is 2.87. The Morgan fingerprint density at radius 3 is 2.12 bits per heavy atom. The minimum absolute atomic E-state index is 0.185. The van der Waals surface area contributed by atoms with Crippen molar-refractivity contribution in [2.45, 2.75) is 45.9 Å². The first-order valence-corrected chi connectivity index (χ1v) is 8.87. The van der Waals surface area contributed by atoms with Crippen LogP contribution in [-0.2, 0) is 16.0 Å². The van der Waals surface area contributed by atoms with Gasteiger partial charge in [-0.25, -0.2) is 4.79 Å². The Morgan fingerprint density at radius 1 is 1.04 bits per heavy atom. The second-order valence-corrected chi connectivity index (χ2v) is 8.10. The van der Waals surface area contributed by atoms with Crippen LogP contribution in [0, 0.1) is 5.41 Å². The highest BCUT2D eigenvalue weighted by Crippen LogP contribution is 2.40. The molecule has 0 unspecified atom stereocenters. The van der Waals surface area contributed by atoms with Gasteiger partial charge in [-0.3, -0.25) is 9.69 Å². The van der Waals surface area contributed by atoms with E-state index in [1.165, 1.54) is 0 Å². The van der Waals surface area contributed by atoms with Gasteiger partial charge in [-0.1, -0.05) is 69.3 Å². The lowest BCUT2D eigenvalue weighted by atomic mass is 9.87. The van der Waals surface area contributed by atoms with Crippen LogP contribution in [0.3, 0.4) is 0 Å². The summed E-state index contributed by atoms with van der Waals surface area (Å²) in [5.41, 5.74) is 0.104. The van der Waals surface area contributed by atoms with Gasteiger partial charge in [0, 0.05) is 17.4 Å². The third-order valence-corrected chi connectivity index (χ3v) is 4.80. The molecule has 1 aliphatic rings. The molecule has 1 amide bonds. The lowest BCUT2D eigenvalue weighted by Gasteiger charge is -2.38. The summed E-state index contributed by atoms with van der Waals surface area (Å²) >= 11 is 0. The summed E-state index contributed by atoms with van der Waals surface area (Å²) in [5.74, 6) is -0.541. The molecular formula is C22H25NO3. The highest BCUT2D eigenvalue weighted by atomic mass is 16.6. The van der Waals surface area contributed by atoms with Crippen molar-refractivity contribution in [1.82, 2.24) is 4.90 Å². The van der Waals surface area contributed by atoms with Gasteiger partial charge in [-0.2, -0.15) is 0 Å². The van der Waals surface area contributed by atoms with E-state index in [1.54, 1.807) is 24.0 Å². The van der Waals surface area contributed by atoms with Crippen LogP contribution in [-0.4, -0.2) is 28.5 Å². The average molecular weight is 351 g/mol. The van der Waals surface area contributed by atoms with Crippen LogP contribution in [0.1, 0.15) is 43.6 Å². The molecule has 2 aromatic rings.